The molecule has 1 atom stereocenters. The number of likely N-dealkylation sites (tertiary alicyclic amines) is 1. The molecule has 1 fully saturated rings. The van der Waals surface area contributed by atoms with Gasteiger partial charge in [0.25, 0.3) is 0 Å². The van der Waals surface area contributed by atoms with Crippen LogP contribution < -0.4 is 0 Å². The van der Waals surface area contributed by atoms with E-state index in [-0.39, 0.29) is 0 Å². The highest BCUT2D eigenvalue weighted by atomic mass is 16.5. The molecule has 2 aromatic rings. The standard InChI is InChI=1S/C16H21N3O/c1-13-8-16(18-20-13)12-19-7-3-5-15(11-19)9-14-4-2-6-17-10-14/h2,4,6,8,10,15H,3,5,7,9,11-12H2,1H3/t15-/m0/s1. The smallest absolute Gasteiger partial charge is 0.133 e. The largest absolute Gasteiger partial charge is 0.361 e. The maximum absolute atomic E-state index is 5.14. The van der Waals surface area contributed by atoms with Gasteiger partial charge < -0.3 is 4.52 Å². The van der Waals surface area contributed by atoms with E-state index in [1.807, 2.05) is 31.5 Å². The molecule has 3 rings (SSSR count). The summed E-state index contributed by atoms with van der Waals surface area (Å²) >= 11 is 0. The second-order valence-electron chi connectivity index (χ2n) is 5.74. The molecule has 0 amide bonds. The summed E-state index contributed by atoms with van der Waals surface area (Å²) in [7, 11) is 0. The van der Waals surface area contributed by atoms with Crippen LogP contribution in [0.2, 0.25) is 0 Å². The van der Waals surface area contributed by atoms with Crippen molar-refractivity contribution >= 4 is 0 Å². The Kier molecular flexibility index (Phi) is 4.11. The molecular weight excluding hydrogens is 250 g/mol. The average molecular weight is 271 g/mol. The highest BCUT2D eigenvalue weighted by Gasteiger charge is 2.21. The summed E-state index contributed by atoms with van der Waals surface area (Å²) in [5.74, 6) is 1.62. The zero-order chi connectivity index (χ0) is 13.8. The zero-order valence-electron chi connectivity index (χ0n) is 12.0. The molecule has 4 nitrogen and oxygen atoms in total. The van der Waals surface area contributed by atoms with Crippen LogP contribution in [0.4, 0.5) is 0 Å². The Morgan fingerprint density at radius 1 is 1.45 bits per heavy atom. The van der Waals surface area contributed by atoms with Crippen LogP contribution in [0.25, 0.3) is 0 Å². The van der Waals surface area contributed by atoms with Gasteiger partial charge in [0.05, 0.1) is 5.69 Å². The molecule has 1 aliphatic rings. The van der Waals surface area contributed by atoms with Gasteiger partial charge in [0.15, 0.2) is 0 Å². The lowest BCUT2D eigenvalue weighted by Gasteiger charge is -2.32. The Labute approximate surface area is 119 Å². The zero-order valence-corrected chi connectivity index (χ0v) is 12.0. The lowest BCUT2D eigenvalue weighted by molar-refractivity contribution is 0.163. The topological polar surface area (TPSA) is 42.2 Å². The molecule has 0 saturated carbocycles. The van der Waals surface area contributed by atoms with Gasteiger partial charge in [-0.3, -0.25) is 9.88 Å². The number of pyridine rings is 1. The van der Waals surface area contributed by atoms with Gasteiger partial charge >= 0.3 is 0 Å². The molecular formula is C16H21N3O. The normalized spacial score (nSPS) is 20.1. The van der Waals surface area contributed by atoms with E-state index in [0.717, 1.165) is 43.4 Å². The molecule has 0 N–H and O–H groups in total. The second kappa shape index (κ2) is 6.18. The fraction of sp³-hybridized carbons (Fsp3) is 0.500. The Bertz CT molecular complexity index is 538. The first-order valence-corrected chi connectivity index (χ1v) is 7.33. The minimum Gasteiger partial charge on any atom is -0.361 e. The predicted octanol–water partition coefficient (Wildman–Crippen LogP) is 2.83. The molecule has 20 heavy (non-hydrogen) atoms. The monoisotopic (exact) mass is 271 g/mol. The van der Waals surface area contributed by atoms with Crippen LogP contribution in [0.3, 0.4) is 0 Å². The summed E-state index contributed by atoms with van der Waals surface area (Å²) in [6.07, 6.45) is 7.52. The lowest BCUT2D eigenvalue weighted by atomic mass is 9.92. The first kappa shape index (κ1) is 13.3. The highest BCUT2D eigenvalue weighted by Crippen LogP contribution is 2.21. The van der Waals surface area contributed by atoms with Crippen molar-refractivity contribution in [2.75, 3.05) is 13.1 Å². The summed E-state index contributed by atoms with van der Waals surface area (Å²) < 4.78 is 5.14. The van der Waals surface area contributed by atoms with Crippen molar-refractivity contribution < 1.29 is 4.52 Å². The van der Waals surface area contributed by atoms with Crippen molar-refractivity contribution in [2.24, 2.45) is 5.92 Å². The second-order valence-corrected chi connectivity index (χ2v) is 5.74. The first-order chi connectivity index (χ1) is 9.79. The summed E-state index contributed by atoms with van der Waals surface area (Å²) in [4.78, 5) is 6.69. The molecule has 0 unspecified atom stereocenters. The molecule has 2 aromatic heterocycles. The average Bonchev–Trinajstić information content (AvgIpc) is 2.86. The van der Waals surface area contributed by atoms with E-state index >= 15 is 0 Å². The summed E-state index contributed by atoms with van der Waals surface area (Å²) in [6, 6.07) is 6.23. The minimum absolute atomic E-state index is 0.723. The SMILES string of the molecule is Cc1cc(CN2CCC[C@@H](Cc3cccnc3)C2)no1. The predicted molar refractivity (Wildman–Crippen MR) is 77.2 cm³/mol. The van der Waals surface area contributed by atoms with Crippen LogP contribution in [0, 0.1) is 12.8 Å². The van der Waals surface area contributed by atoms with E-state index in [2.05, 4.69) is 21.1 Å². The van der Waals surface area contributed by atoms with Crippen LogP contribution in [-0.2, 0) is 13.0 Å². The molecule has 1 saturated heterocycles. The quantitative estimate of drug-likeness (QED) is 0.857. The van der Waals surface area contributed by atoms with Crippen molar-refractivity contribution in [1.29, 1.82) is 0 Å². The highest BCUT2D eigenvalue weighted by molar-refractivity contribution is 5.10. The number of aromatic nitrogens is 2. The van der Waals surface area contributed by atoms with Crippen LogP contribution in [0.1, 0.15) is 29.9 Å². The van der Waals surface area contributed by atoms with Crippen molar-refractivity contribution in [3.05, 3.63) is 47.6 Å². The van der Waals surface area contributed by atoms with E-state index in [9.17, 15) is 0 Å². The number of hydrogen-bond acceptors (Lipinski definition) is 4. The fourth-order valence-corrected chi connectivity index (χ4v) is 3.04. The van der Waals surface area contributed by atoms with E-state index in [0.29, 0.717) is 0 Å². The summed E-state index contributed by atoms with van der Waals surface area (Å²) in [5, 5.41) is 4.09. The molecule has 0 aliphatic carbocycles. The van der Waals surface area contributed by atoms with Crippen LogP contribution in [0.5, 0.6) is 0 Å². The minimum atomic E-state index is 0.723. The molecule has 106 valence electrons. The molecule has 0 bridgehead atoms. The van der Waals surface area contributed by atoms with Gasteiger partial charge in [-0.1, -0.05) is 11.2 Å². The van der Waals surface area contributed by atoms with Crippen molar-refractivity contribution in [3.63, 3.8) is 0 Å². The van der Waals surface area contributed by atoms with E-state index in [4.69, 9.17) is 4.52 Å². The molecule has 0 aromatic carbocycles. The van der Waals surface area contributed by atoms with Gasteiger partial charge in [-0.2, -0.15) is 0 Å². The number of hydrogen-bond donors (Lipinski definition) is 0. The Hall–Kier alpha value is -1.68. The Morgan fingerprint density at radius 3 is 3.15 bits per heavy atom. The maximum Gasteiger partial charge on any atom is 0.133 e. The fourth-order valence-electron chi connectivity index (χ4n) is 3.04. The van der Waals surface area contributed by atoms with Gasteiger partial charge in [-0.25, -0.2) is 0 Å². The van der Waals surface area contributed by atoms with Crippen molar-refractivity contribution in [3.8, 4) is 0 Å². The third kappa shape index (κ3) is 3.45. The van der Waals surface area contributed by atoms with Gasteiger partial charge in [0, 0.05) is 31.5 Å². The summed E-state index contributed by atoms with van der Waals surface area (Å²) in [5.41, 5.74) is 2.39. The van der Waals surface area contributed by atoms with E-state index < -0.39 is 0 Å². The first-order valence-electron chi connectivity index (χ1n) is 7.33. The number of piperidine rings is 1. The third-order valence-electron chi connectivity index (χ3n) is 3.91. The lowest BCUT2D eigenvalue weighted by Crippen LogP contribution is -2.35. The van der Waals surface area contributed by atoms with Gasteiger partial charge in [0.1, 0.15) is 5.76 Å². The summed E-state index contributed by atoms with van der Waals surface area (Å²) in [6.45, 7) is 5.15. The molecule has 0 radical (unpaired) electrons. The van der Waals surface area contributed by atoms with Crippen molar-refractivity contribution in [1.82, 2.24) is 15.0 Å². The van der Waals surface area contributed by atoms with Gasteiger partial charge in [-0.05, 0) is 50.3 Å². The van der Waals surface area contributed by atoms with E-state index in [1.165, 1.54) is 18.4 Å². The maximum atomic E-state index is 5.14. The molecule has 1 aliphatic heterocycles. The molecule has 0 spiro atoms. The van der Waals surface area contributed by atoms with Crippen LogP contribution in [-0.4, -0.2) is 28.1 Å². The van der Waals surface area contributed by atoms with Gasteiger partial charge in [-0.15, -0.1) is 0 Å². The number of rotatable bonds is 4. The number of nitrogens with zero attached hydrogens (tertiary/aromatic N) is 3. The number of aryl methyl sites for hydroxylation is 1. The van der Waals surface area contributed by atoms with Crippen LogP contribution in [0.15, 0.2) is 35.1 Å². The Morgan fingerprint density at radius 2 is 2.40 bits per heavy atom. The van der Waals surface area contributed by atoms with E-state index in [1.54, 1.807) is 0 Å². The molecule has 4 heteroatoms. The Balaban J connectivity index is 1.56. The van der Waals surface area contributed by atoms with Crippen LogP contribution >= 0.6 is 0 Å². The van der Waals surface area contributed by atoms with Crippen molar-refractivity contribution in [2.45, 2.75) is 32.7 Å². The van der Waals surface area contributed by atoms with Gasteiger partial charge in [0.2, 0.25) is 0 Å². The molecule has 3 heterocycles. The third-order valence-corrected chi connectivity index (χ3v) is 3.91.